The highest BCUT2D eigenvalue weighted by atomic mass is 16.5. The lowest BCUT2D eigenvalue weighted by Gasteiger charge is -2.17. The summed E-state index contributed by atoms with van der Waals surface area (Å²) >= 11 is 0. The van der Waals surface area contributed by atoms with Crippen LogP contribution in [0.2, 0.25) is 0 Å². The Bertz CT molecular complexity index is 1130. The van der Waals surface area contributed by atoms with E-state index in [-0.39, 0.29) is 23.5 Å². The van der Waals surface area contributed by atoms with Crippen LogP contribution in [0.15, 0.2) is 67.0 Å². The van der Waals surface area contributed by atoms with Gasteiger partial charge in [-0.3, -0.25) is 9.78 Å². The van der Waals surface area contributed by atoms with Crippen LogP contribution in [-0.2, 0) is 16.0 Å². The number of carbonyl (C=O) groups is 3. The molecule has 1 heterocycles. The maximum absolute atomic E-state index is 12.4. The summed E-state index contributed by atoms with van der Waals surface area (Å²) in [7, 11) is 2.69. The van der Waals surface area contributed by atoms with E-state index >= 15 is 0 Å². The minimum absolute atomic E-state index is 0.0104. The fourth-order valence-electron chi connectivity index (χ4n) is 2.98. The average Bonchev–Trinajstić information content (AvgIpc) is 2.84. The van der Waals surface area contributed by atoms with Crippen molar-refractivity contribution in [3.63, 3.8) is 0 Å². The van der Waals surface area contributed by atoms with E-state index in [9.17, 15) is 19.5 Å². The molecule has 0 saturated carbocycles. The van der Waals surface area contributed by atoms with Crippen molar-refractivity contribution >= 4 is 17.8 Å². The van der Waals surface area contributed by atoms with Gasteiger partial charge in [-0.05, 0) is 42.0 Å². The molecule has 0 radical (unpaired) electrons. The molecule has 9 nitrogen and oxygen atoms in total. The van der Waals surface area contributed by atoms with Crippen molar-refractivity contribution in [2.24, 2.45) is 0 Å². The van der Waals surface area contributed by atoms with Gasteiger partial charge in [0.2, 0.25) is 0 Å². The zero-order chi connectivity index (χ0) is 23.8. The molecule has 1 atom stereocenters. The highest BCUT2D eigenvalue weighted by Gasteiger charge is 2.23. The Morgan fingerprint density at radius 2 is 1.76 bits per heavy atom. The van der Waals surface area contributed by atoms with Gasteiger partial charge >= 0.3 is 11.9 Å². The minimum atomic E-state index is -0.924. The van der Waals surface area contributed by atoms with Crippen LogP contribution >= 0.6 is 0 Å². The number of benzene rings is 2. The topological polar surface area (TPSA) is 124 Å². The molecule has 33 heavy (non-hydrogen) atoms. The molecule has 0 aliphatic heterocycles. The van der Waals surface area contributed by atoms with Crippen LogP contribution in [0.4, 0.5) is 0 Å². The van der Waals surface area contributed by atoms with Crippen LogP contribution in [0, 0.1) is 0 Å². The largest absolute Gasteiger partial charge is 0.507 e. The number of ether oxygens (including phenoxy) is 3. The van der Waals surface area contributed by atoms with Crippen molar-refractivity contribution in [2.45, 2.75) is 12.5 Å². The van der Waals surface area contributed by atoms with Gasteiger partial charge in [-0.15, -0.1) is 0 Å². The first-order valence-corrected chi connectivity index (χ1v) is 9.88. The van der Waals surface area contributed by atoms with E-state index in [0.29, 0.717) is 16.9 Å². The van der Waals surface area contributed by atoms with Crippen molar-refractivity contribution in [3.05, 3.63) is 83.7 Å². The Morgan fingerprint density at radius 3 is 2.36 bits per heavy atom. The lowest BCUT2D eigenvalue weighted by Crippen LogP contribution is -2.43. The summed E-state index contributed by atoms with van der Waals surface area (Å²) in [6, 6.07) is 12.9. The van der Waals surface area contributed by atoms with Crippen LogP contribution < -0.4 is 14.8 Å². The zero-order valence-corrected chi connectivity index (χ0v) is 18.0. The van der Waals surface area contributed by atoms with Gasteiger partial charge in [0.25, 0.3) is 5.91 Å². The molecule has 0 bridgehead atoms. The lowest BCUT2D eigenvalue weighted by molar-refractivity contribution is -0.142. The number of esters is 2. The Hall–Kier alpha value is -4.40. The number of nitrogens with one attached hydrogen (secondary N) is 1. The van der Waals surface area contributed by atoms with Crippen molar-refractivity contribution in [1.29, 1.82) is 0 Å². The van der Waals surface area contributed by atoms with Crippen LogP contribution in [0.5, 0.6) is 17.2 Å². The molecule has 1 amide bonds. The fraction of sp³-hybridized carbons (Fsp3) is 0.167. The number of methoxy groups -OCH3 is 2. The first-order valence-electron chi connectivity index (χ1n) is 9.88. The summed E-state index contributed by atoms with van der Waals surface area (Å²) in [5.41, 5.74) is 1.00. The normalized spacial score (nSPS) is 11.2. The SMILES string of the molecule is COC(=O)[C@H](Cc1ccc(OC(=O)c2ccc(OC)cc2O)cc1)NC(=O)c1cccnc1. The van der Waals surface area contributed by atoms with Crippen LogP contribution in [0.3, 0.4) is 0 Å². The molecule has 0 spiro atoms. The quantitative estimate of drug-likeness (QED) is 0.396. The predicted octanol–water partition coefficient (Wildman–Crippen LogP) is 2.53. The molecule has 0 saturated heterocycles. The number of phenols is 1. The smallest absolute Gasteiger partial charge is 0.347 e. The van der Waals surface area contributed by atoms with Gasteiger partial charge in [0.15, 0.2) is 0 Å². The number of pyridine rings is 1. The third kappa shape index (κ3) is 6.07. The van der Waals surface area contributed by atoms with Gasteiger partial charge in [-0.1, -0.05) is 12.1 Å². The molecule has 2 N–H and O–H groups in total. The van der Waals surface area contributed by atoms with Crippen LogP contribution in [0.25, 0.3) is 0 Å². The molecule has 3 rings (SSSR count). The van der Waals surface area contributed by atoms with E-state index in [1.165, 1.54) is 38.6 Å². The zero-order valence-electron chi connectivity index (χ0n) is 18.0. The maximum Gasteiger partial charge on any atom is 0.347 e. The molecule has 0 aliphatic carbocycles. The summed E-state index contributed by atoms with van der Waals surface area (Å²) in [4.78, 5) is 40.8. The molecule has 170 valence electrons. The Kier molecular flexibility index (Phi) is 7.59. The first-order chi connectivity index (χ1) is 15.9. The standard InChI is InChI=1S/C24H22N2O7/c1-31-18-9-10-19(21(27)13-18)23(29)33-17-7-5-15(6-8-17)12-20(24(30)32-2)26-22(28)16-4-3-11-25-14-16/h3-11,13-14,20,27H,12H2,1-2H3,(H,26,28)/t20-/m0/s1. The Balaban J connectivity index is 1.66. The van der Waals surface area contributed by atoms with E-state index in [1.54, 1.807) is 42.6 Å². The molecule has 9 heteroatoms. The van der Waals surface area contributed by atoms with Gasteiger partial charge in [-0.2, -0.15) is 0 Å². The number of hydrogen-bond acceptors (Lipinski definition) is 8. The molecule has 1 aromatic heterocycles. The second-order valence-electron chi connectivity index (χ2n) is 6.91. The van der Waals surface area contributed by atoms with E-state index in [4.69, 9.17) is 14.2 Å². The first kappa shape index (κ1) is 23.3. The molecular weight excluding hydrogens is 428 g/mol. The van der Waals surface area contributed by atoms with Crippen molar-refractivity contribution in [1.82, 2.24) is 10.3 Å². The fourth-order valence-corrected chi connectivity index (χ4v) is 2.98. The van der Waals surface area contributed by atoms with E-state index in [1.807, 2.05) is 0 Å². The van der Waals surface area contributed by atoms with E-state index in [2.05, 4.69) is 10.3 Å². The number of nitrogens with zero attached hydrogens (tertiary/aromatic N) is 1. The van der Waals surface area contributed by atoms with E-state index < -0.39 is 23.9 Å². The lowest BCUT2D eigenvalue weighted by atomic mass is 10.1. The monoisotopic (exact) mass is 450 g/mol. The summed E-state index contributed by atoms with van der Waals surface area (Å²) in [6.07, 6.45) is 3.10. The highest BCUT2D eigenvalue weighted by Crippen LogP contribution is 2.25. The van der Waals surface area contributed by atoms with Gasteiger partial charge in [-0.25, -0.2) is 9.59 Å². The summed E-state index contributed by atoms with van der Waals surface area (Å²) in [5.74, 6) is -1.40. The Morgan fingerprint density at radius 1 is 1.03 bits per heavy atom. The number of carbonyl (C=O) groups excluding carboxylic acids is 3. The second kappa shape index (κ2) is 10.8. The van der Waals surface area contributed by atoms with Crippen molar-refractivity contribution < 1.29 is 33.7 Å². The maximum atomic E-state index is 12.4. The molecule has 0 unspecified atom stereocenters. The average molecular weight is 450 g/mol. The van der Waals surface area contributed by atoms with Crippen LogP contribution in [-0.4, -0.2) is 48.2 Å². The van der Waals surface area contributed by atoms with Gasteiger partial charge in [0.1, 0.15) is 28.9 Å². The molecule has 0 aliphatic rings. The second-order valence-corrected chi connectivity index (χ2v) is 6.91. The molecule has 0 fully saturated rings. The number of aromatic nitrogens is 1. The number of rotatable bonds is 8. The Labute approximate surface area is 189 Å². The molecule has 3 aromatic rings. The predicted molar refractivity (Wildman–Crippen MR) is 117 cm³/mol. The molecule has 2 aromatic carbocycles. The summed E-state index contributed by atoms with van der Waals surface area (Å²) < 4.78 is 15.1. The van der Waals surface area contributed by atoms with Gasteiger partial charge in [0, 0.05) is 24.9 Å². The third-order valence-corrected chi connectivity index (χ3v) is 4.71. The van der Waals surface area contributed by atoms with Crippen LogP contribution in [0.1, 0.15) is 26.3 Å². The van der Waals surface area contributed by atoms with Crippen molar-refractivity contribution in [3.8, 4) is 17.2 Å². The molecular formula is C24H22N2O7. The van der Waals surface area contributed by atoms with Gasteiger partial charge < -0.3 is 24.6 Å². The third-order valence-electron chi connectivity index (χ3n) is 4.71. The highest BCUT2D eigenvalue weighted by molar-refractivity contribution is 5.96. The summed E-state index contributed by atoms with van der Waals surface area (Å²) in [5, 5.41) is 12.6. The van der Waals surface area contributed by atoms with Crippen molar-refractivity contribution in [2.75, 3.05) is 14.2 Å². The number of amides is 1. The van der Waals surface area contributed by atoms with E-state index in [0.717, 1.165) is 0 Å². The number of aromatic hydroxyl groups is 1. The van der Waals surface area contributed by atoms with Gasteiger partial charge in [0.05, 0.1) is 19.8 Å². The minimum Gasteiger partial charge on any atom is -0.507 e. The number of hydrogen-bond donors (Lipinski definition) is 2. The number of phenolic OH excluding ortho intramolecular Hbond substituents is 1. The summed E-state index contributed by atoms with van der Waals surface area (Å²) in [6.45, 7) is 0.